The van der Waals surface area contributed by atoms with E-state index in [9.17, 15) is 4.79 Å². The van der Waals surface area contributed by atoms with Gasteiger partial charge >= 0.3 is 0 Å². The summed E-state index contributed by atoms with van der Waals surface area (Å²) in [6, 6.07) is 8.06. The van der Waals surface area contributed by atoms with Crippen molar-refractivity contribution in [2.45, 2.75) is 25.4 Å². The molecule has 1 atom stereocenters. The molecule has 0 aromatic heterocycles. The first-order valence-corrected chi connectivity index (χ1v) is 8.82. The predicted octanol–water partition coefficient (Wildman–Crippen LogP) is 2.15. The smallest absolute Gasteiger partial charge is 0.219 e. The number of benzene rings is 1. The van der Waals surface area contributed by atoms with Crippen LogP contribution >= 0.6 is 28.1 Å². The topological polar surface area (TPSA) is 70.7 Å². The quantitative estimate of drug-likeness (QED) is 0.753. The highest BCUT2D eigenvalue weighted by Gasteiger charge is 2.46. The first kappa shape index (κ1) is 16.4. The minimum absolute atomic E-state index is 0.123. The first-order valence-electron chi connectivity index (χ1n) is 7.62. The second-order valence-electron chi connectivity index (χ2n) is 6.01. The first-order chi connectivity index (χ1) is 10.9. The molecule has 0 radical (unpaired) electrons. The molecule has 1 unspecified atom stereocenters. The summed E-state index contributed by atoms with van der Waals surface area (Å²) in [5, 5.41) is 3.35. The molecule has 0 bridgehead atoms. The van der Waals surface area contributed by atoms with Crippen molar-refractivity contribution < 1.29 is 4.79 Å². The van der Waals surface area contributed by atoms with Gasteiger partial charge in [-0.05, 0) is 25.0 Å². The van der Waals surface area contributed by atoms with Crippen molar-refractivity contribution in [3.8, 4) is 0 Å². The van der Waals surface area contributed by atoms with Gasteiger partial charge in [0.05, 0.1) is 0 Å². The Morgan fingerprint density at radius 1 is 1.48 bits per heavy atom. The second-order valence-corrected chi connectivity index (χ2v) is 7.33. The third-order valence-corrected chi connectivity index (χ3v) is 5.43. The van der Waals surface area contributed by atoms with E-state index in [0.29, 0.717) is 10.8 Å². The van der Waals surface area contributed by atoms with E-state index in [4.69, 9.17) is 22.9 Å². The summed E-state index contributed by atoms with van der Waals surface area (Å²) in [5.74, 6) is 0.734. The number of hydrogen-bond donors (Lipinski definition) is 2. The molecular weight excluding hydrogens is 376 g/mol. The van der Waals surface area contributed by atoms with Crippen molar-refractivity contribution >= 4 is 44.9 Å². The molecule has 1 aromatic carbocycles. The highest BCUT2D eigenvalue weighted by atomic mass is 79.9. The lowest BCUT2D eigenvalue weighted by atomic mass is 9.80. The van der Waals surface area contributed by atoms with Gasteiger partial charge in [0.15, 0.2) is 11.5 Å². The van der Waals surface area contributed by atoms with Crippen molar-refractivity contribution in [2.75, 3.05) is 13.1 Å². The molecule has 2 heterocycles. The van der Waals surface area contributed by atoms with E-state index in [1.807, 2.05) is 23.1 Å². The fourth-order valence-electron chi connectivity index (χ4n) is 3.41. The number of nitrogens with two attached hydrogens (primary N) is 1. The maximum absolute atomic E-state index is 11.6. The van der Waals surface area contributed by atoms with Crippen molar-refractivity contribution in [3.05, 3.63) is 34.3 Å². The molecular formula is C16H19BrN4OS. The van der Waals surface area contributed by atoms with Crippen LogP contribution in [-0.2, 0) is 10.5 Å². The number of amides is 1. The lowest BCUT2D eigenvalue weighted by Crippen LogP contribution is -2.50. The summed E-state index contributed by atoms with van der Waals surface area (Å²) in [6.45, 7) is 3.09. The Morgan fingerprint density at radius 3 is 2.70 bits per heavy atom. The summed E-state index contributed by atoms with van der Waals surface area (Å²) < 4.78 is 0.990. The van der Waals surface area contributed by atoms with Crippen LogP contribution in [0.15, 0.2) is 33.7 Å². The van der Waals surface area contributed by atoms with E-state index in [1.54, 1.807) is 6.92 Å². The number of likely N-dealkylation sites (tertiary alicyclic amines) is 1. The van der Waals surface area contributed by atoms with Crippen LogP contribution in [0.1, 0.15) is 25.3 Å². The predicted molar refractivity (Wildman–Crippen MR) is 98.2 cm³/mol. The number of hydrogen-bond acceptors (Lipinski definition) is 4. The number of carbonyl (C=O) groups excluding carboxylic acids is 1. The number of aliphatic imine (C=N–C) groups is 1. The lowest BCUT2D eigenvalue weighted by molar-refractivity contribution is -0.130. The molecule has 5 nitrogen and oxygen atoms in total. The number of nitrogens with one attached hydrogen (secondary N) is 1. The van der Waals surface area contributed by atoms with E-state index < -0.39 is 5.66 Å². The van der Waals surface area contributed by atoms with Crippen LogP contribution in [0.5, 0.6) is 0 Å². The average molecular weight is 395 g/mol. The number of amidine groups is 1. The number of carbonyl (C=O) groups is 1. The van der Waals surface area contributed by atoms with Gasteiger partial charge in [0.1, 0.15) is 4.99 Å². The van der Waals surface area contributed by atoms with Crippen molar-refractivity contribution in [3.63, 3.8) is 0 Å². The van der Waals surface area contributed by atoms with E-state index in [-0.39, 0.29) is 11.8 Å². The van der Waals surface area contributed by atoms with Gasteiger partial charge in [-0.3, -0.25) is 4.79 Å². The van der Waals surface area contributed by atoms with Crippen LogP contribution < -0.4 is 11.1 Å². The molecule has 3 N–H and O–H groups in total. The highest BCUT2D eigenvalue weighted by molar-refractivity contribution is 9.10. The van der Waals surface area contributed by atoms with Crippen LogP contribution in [0.25, 0.3) is 0 Å². The summed E-state index contributed by atoms with van der Waals surface area (Å²) in [4.78, 5) is 18.7. The summed E-state index contributed by atoms with van der Waals surface area (Å²) in [7, 11) is 0. The maximum Gasteiger partial charge on any atom is 0.219 e. The summed E-state index contributed by atoms with van der Waals surface area (Å²) >= 11 is 8.84. The molecule has 1 fully saturated rings. The normalized spacial score (nSPS) is 25.2. The zero-order chi connectivity index (χ0) is 16.6. The second kappa shape index (κ2) is 6.20. The monoisotopic (exact) mass is 394 g/mol. The van der Waals surface area contributed by atoms with Crippen LogP contribution in [-0.4, -0.2) is 34.7 Å². The number of rotatable bonds is 2. The van der Waals surface area contributed by atoms with Gasteiger partial charge in [-0.2, -0.15) is 0 Å². The maximum atomic E-state index is 11.6. The van der Waals surface area contributed by atoms with Gasteiger partial charge in [-0.1, -0.05) is 40.3 Å². The number of nitrogens with zero attached hydrogens (tertiary/aromatic N) is 2. The molecule has 0 saturated carbocycles. The molecule has 1 amide bonds. The van der Waals surface area contributed by atoms with Gasteiger partial charge in [0.25, 0.3) is 0 Å². The van der Waals surface area contributed by atoms with Crippen molar-refractivity contribution in [1.82, 2.24) is 10.2 Å². The summed E-state index contributed by atoms with van der Waals surface area (Å²) in [5.41, 5.74) is 6.39. The molecule has 1 aromatic rings. The Labute approximate surface area is 149 Å². The van der Waals surface area contributed by atoms with Crippen LogP contribution in [0.3, 0.4) is 0 Å². The van der Waals surface area contributed by atoms with Gasteiger partial charge < -0.3 is 16.0 Å². The molecule has 122 valence electrons. The van der Waals surface area contributed by atoms with Gasteiger partial charge in [0.2, 0.25) is 5.91 Å². The van der Waals surface area contributed by atoms with Gasteiger partial charge in [0, 0.05) is 36.0 Å². The molecule has 3 rings (SSSR count). The van der Waals surface area contributed by atoms with E-state index in [1.165, 1.54) is 0 Å². The minimum Gasteiger partial charge on any atom is -0.381 e. The van der Waals surface area contributed by atoms with Crippen LogP contribution in [0, 0.1) is 5.92 Å². The number of thiocarbonyl (C=S) groups is 1. The van der Waals surface area contributed by atoms with E-state index in [2.05, 4.69) is 27.3 Å². The van der Waals surface area contributed by atoms with E-state index in [0.717, 1.165) is 36.0 Å². The average Bonchev–Trinajstić information content (AvgIpc) is 2.84. The lowest BCUT2D eigenvalue weighted by Gasteiger charge is -2.41. The molecule has 1 saturated heterocycles. The molecule has 23 heavy (non-hydrogen) atoms. The van der Waals surface area contributed by atoms with Crippen molar-refractivity contribution in [2.24, 2.45) is 16.6 Å². The van der Waals surface area contributed by atoms with Crippen LogP contribution in [0.4, 0.5) is 0 Å². The van der Waals surface area contributed by atoms with Gasteiger partial charge in [-0.25, -0.2) is 4.99 Å². The Morgan fingerprint density at radius 2 is 2.17 bits per heavy atom. The number of halogens is 1. The molecule has 0 spiro atoms. The zero-order valence-electron chi connectivity index (χ0n) is 12.9. The Kier molecular flexibility index (Phi) is 4.42. The Bertz CT molecular complexity index is 684. The van der Waals surface area contributed by atoms with E-state index >= 15 is 0 Å². The third kappa shape index (κ3) is 2.99. The minimum atomic E-state index is -0.631. The SMILES string of the molecule is CC(=O)N1CCC(C2(c3cccc(Br)c3)N=C(N)C(=S)N2)CC1. The summed E-state index contributed by atoms with van der Waals surface area (Å²) in [6.07, 6.45) is 1.72. The van der Waals surface area contributed by atoms with Crippen molar-refractivity contribution in [1.29, 1.82) is 0 Å². The van der Waals surface area contributed by atoms with Crippen LogP contribution in [0.2, 0.25) is 0 Å². The third-order valence-electron chi connectivity index (χ3n) is 4.63. The fraction of sp³-hybridized carbons (Fsp3) is 0.438. The molecule has 2 aliphatic rings. The van der Waals surface area contributed by atoms with Gasteiger partial charge in [-0.15, -0.1) is 0 Å². The molecule has 2 aliphatic heterocycles. The molecule has 7 heteroatoms. The standard InChI is InChI=1S/C16H19BrN4OS/c1-10(22)21-7-5-11(6-8-21)16(19-14(18)15(23)20-16)12-3-2-4-13(17)9-12/h2-4,9,11H,5-8H2,1H3,(H2,18,19)(H,20,23). The highest BCUT2D eigenvalue weighted by Crippen LogP contribution is 2.40. The zero-order valence-corrected chi connectivity index (χ0v) is 15.3. The molecule has 0 aliphatic carbocycles. The Hall–Kier alpha value is -1.47. The fourth-order valence-corrected chi connectivity index (χ4v) is 4.01. The number of piperidine rings is 1. The Balaban J connectivity index is 1.95. The largest absolute Gasteiger partial charge is 0.381 e.